The molecule has 0 saturated carbocycles. The third-order valence-corrected chi connectivity index (χ3v) is 4.97. The summed E-state index contributed by atoms with van der Waals surface area (Å²) in [5.41, 5.74) is 0.727. The highest BCUT2D eigenvalue weighted by Crippen LogP contribution is 2.37. The fraction of sp³-hybridized carbons (Fsp3) is 0.278. The molecule has 0 aliphatic carbocycles. The molecule has 3 rings (SSSR count). The van der Waals surface area contributed by atoms with Crippen LogP contribution in [0, 0.1) is 13.8 Å². The number of nitrogens with zero attached hydrogens (tertiary/aromatic N) is 3. The van der Waals surface area contributed by atoms with E-state index in [1.54, 1.807) is 31.2 Å². The van der Waals surface area contributed by atoms with Crippen LogP contribution < -0.4 is 10.6 Å². The Kier molecular flexibility index (Phi) is 6.15. The molecule has 1 aromatic carbocycles. The van der Waals surface area contributed by atoms with Crippen LogP contribution in [0.5, 0.6) is 0 Å². The van der Waals surface area contributed by atoms with E-state index < -0.39 is 22.9 Å². The smallest absolute Gasteiger partial charge is 0.352 e. The van der Waals surface area contributed by atoms with E-state index >= 15 is 0 Å². The number of halogens is 3. The highest BCUT2D eigenvalue weighted by molar-refractivity contribution is 7.16. The van der Waals surface area contributed by atoms with E-state index in [2.05, 4.69) is 25.8 Å². The van der Waals surface area contributed by atoms with Crippen molar-refractivity contribution in [3.05, 3.63) is 46.3 Å². The molecule has 0 aliphatic rings. The maximum atomic E-state index is 12.8. The van der Waals surface area contributed by atoms with Gasteiger partial charge in [0.1, 0.15) is 4.88 Å². The van der Waals surface area contributed by atoms with Crippen molar-refractivity contribution in [2.45, 2.75) is 26.4 Å². The fourth-order valence-electron chi connectivity index (χ4n) is 2.50. The zero-order chi connectivity index (χ0) is 21.9. The van der Waals surface area contributed by atoms with Crippen LogP contribution in [-0.4, -0.2) is 33.5 Å². The Labute approximate surface area is 172 Å². The quantitative estimate of drug-likeness (QED) is 0.608. The molecule has 2 N–H and O–H groups in total. The zero-order valence-electron chi connectivity index (χ0n) is 15.8. The molecule has 2 aromatic heterocycles. The predicted molar refractivity (Wildman–Crippen MR) is 102 cm³/mol. The molecule has 0 aliphatic heterocycles. The molecule has 0 fully saturated rings. The van der Waals surface area contributed by atoms with E-state index in [1.807, 2.05) is 0 Å². The number of aryl methyl sites for hydroxylation is 2. The van der Waals surface area contributed by atoms with Crippen LogP contribution in [0.15, 0.2) is 28.8 Å². The van der Waals surface area contributed by atoms with Crippen molar-refractivity contribution < 1.29 is 27.3 Å². The van der Waals surface area contributed by atoms with Gasteiger partial charge in [-0.25, -0.2) is 4.98 Å². The first-order valence-electron chi connectivity index (χ1n) is 8.67. The lowest BCUT2D eigenvalue weighted by molar-refractivity contribution is -0.135. The summed E-state index contributed by atoms with van der Waals surface area (Å²) < 4.78 is 43.3. The van der Waals surface area contributed by atoms with Crippen molar-refractivity contribution in [2.24, 2.45) is 0 Å². The molecule has 0 bridgehead atoms. The standard InChI is InChI=1S/C18H16F3N5O3S/c1-9-14(18(19,20)21)30-17(23-9)25-13(27)6-7-22-16(28)12-5-3-4-11(8-12)15-24-10(2)29-26-15/h3-5,8H,6-7H2,1-2H3,(H,22,28)(H,23,25,27). The average Bonchev–Trinajstić information content (AvgIpc) is 3.27. The van der Waals surface area contributed by atoms with Crippen LogP contribution in [-0.2, 0) is 11.0 Å². The Bertz CT molecular complexity index is 1080. The number of carbonyl (C=O) groups excluding carboxylic acids is 2. The number of hydrogen-bond donors (Lipinski definition) is 2. The number of nitrogens with one attached hydrogen (secondary N) is 2. The van der Waals surface area contributed by atoms with E-state index in [9.17, 15) is 22.8 Å². The summed E-state index contributed by atoms with van der Waals surface area (Å²) in [6.45, 7) is 2.86. The first-order valence-corrected chi connectivity index (χ1v) is 9.48. The highest BCUT2D eigenvalue weighted by Gasteiger charge is 2.36. The molecule has 0 saturated heterocycles. The minimum Gasteiger partial charge on any atom is -0.352 e. The van der Waals surface area contributed by atoms with E-state index in [1.165, 1.54) is 6.92 Å². The van der Waals surface area contributed by atoms with Gasteiger partial charge in [-0.05, 0) is 19.1 Å². The molecule has 0 spiro atoms. The lowest BCUT2D eigenvalue weighted by Crippen LogP contribution is -2.27. The minimum atomic E-state index is -4.52. The maximum Gasteiger partial charge on any atom is 0.427 e. The molecular formula is C18H16F3N5O3S. The van der Waals surface area contributed by atoms with Gasteiger partial charge in [-0.3, -0.25) is 9.59 Å². The van der Waals surface area contributed by atoms with Crippen molar-refractivity contribution in [3.63, 3.8) is 0 Å². The van der Waals surface area contributed by atoms with Gasteiger partial charge in [-0.2, -0.15) is 18.2 Å². The SMILES string of the molecule is Cc1nc(-c2cccc(C(=O)NCCC(=O)Nc3nc(C)c(C(F)(F)F)s3)c2)no1. The minimum absolute atomic E-state index is 0.00724. The fourth-order valence-corrected chi connectivity index (χ4v) is 3.35. The van der Waals surface area contributed by atoms with Gasteiger partial charge < -0.3 is 15.2 Å². The molecule has 3 aromatic rings. The lowest BCUT2D eigenvalue weighted by atomic mass is 10.1. The summed E-state index contributed by atoms with van der Waals surface area (Å²) >= 11 is 0.358. The van der Waals surface area contributed by atoms with Gasteiger partial charge >= 0.3 is 6.18 Å². The predicted octanol–water partition coefficient (Wildman–Crippen LogP) is 3.59. The first kappa shape index (κ1) is 21.4. The highest BCUT2D eigenvalue weighted by atomic mass is 32.1. The number of benzene rings is 1. The summed E-state index contributed by atoms with van der Waals surface area (Å²) in [4.78, 5) is 31.2. The van der Waals surface area contributed by atoms with Crippen molar-refractivity contribution in [1.82, 2.24) is 20.4 Å². The van der Waals surface area contributed by atoms with Gasteiger partial charge in [0.05, 0.1) is 5.69 Å². The Morgan fingerprint density at radius 1 is 1.20 bits per heavy atom. The third kappa shape index (κ3) is 5.20. The number of hydrogen-bond acceptors (Lipinski definition) is 7. The third-order valence-electron chi connectivity index (χ3n) is 3.85. The second-order valence-corrected chi connectivity index (χ2v) is 7.20. The Morgan fingerprint density at radius 2 is 1.97 bits per heavy atom. The average molecular weight is 439 g/mol. The monoisotopic (exact) mass is 439 g/mol. The van der Waals surface area contributed by atoms with Crippen molar-refractivity contribution in [2.75, 3.05) is 11.9 Å². The lowest BCUT2D eigenvalue weighted by Gasteiger charge is -2.06. The Morgan fingerprint density at radius 3 is 2.60 bits per heavy atom. The van der Waals surface area contributed by atoms with E-state index in [0.29, 0.717) is 34.2 Å². The van der Waals surface area contributed by atoms with Gasteiger partial charge in [0.15, 0.2) is 5.13 Å². The van der Waals surface area contributed by atoms with Crippen LogP contribution in [0.4, 0.5) is 18.3 Å². The summed E-state index contributed by atoms with van der Waals surface area (Å²) in [5, 5.41) is 8.54. The molecular weight excluding hydrogens is 423 g/mol. The molecule has 8 nitrogen and oxygen atoms in total. The van der Waals surface area contributed by atoms with Crippen LogP contribution in [0.25, 0.3) is 11.4 Å². The molecule has 0 radical (unpaired) electrons. The van der Waals surface area contributed by atoms with E-state index in [4.69, 9.17) is 4.52 Å². The van der Waals surface area contributed by atoms with Gasteiger partial charge in [0.25, 0.3) is 5.91 Å². The number of amides is 2. The topological polar surface area (TPSA) is 110 Å². The molecule has 30 heavy (non-hydrogen) atoms. The number of carbonyl (C=O) groups is 2. The molecule has 12 heteroatoms. The Balaban J connectivity index is 1.53. The van der Waals surface area contributed by atoms with Crippen LogP contribution in [0.3, 0.4) is 0 Å². The number of thiazole rings is 1. The number of anilines is 1. The maximum absolute atomic E-state index is 12.8. The zero-order valence-corrected chi connectivity index (χ0v) is 16.6. The summed E-state index contributed by atoms with van der Waals surface area (Å²) in [6, 6.07) is 6.55. The number of rotatable bonds is 6. The van der Waals surface area contributed by atoms with Crippen molar-refractivity contribution in [3.8, 4) is 11.4 Å². The van der Waals surface area contributed by atoms with Crippen LogP contribution in [0.2, 0.25) is 0 Å². The van der Waals surface area contributed by atoms with Gasteiger partial charge in [-0.1, -0.05) is 28.6 Å². The molecule has 0 unspecified atom stereocenters. The van der Waals surface area contributed by atoms with Gasteiger partial charge in [0.2, 0.25) is 17.6 Å². The van der Waals surface area contributed by atoms with E-state index in [0.717, 1.165) is 0 Å². The summed E-state index contributed by atoms with van der Waals surface area (Å²) in [7, 11) is 0. The second-order valence-electron chi connectivity index (χ2n) is 6.20. The second kappa shape index (κ2) is 8.61. The largest absolute Gasteiger partial charge is 0.427 e. The van der Waals surface area contributed by atoms with Crippen molar-refractivity contribution in [1.29, 1.82) is 0 Å². The summed E-state index contributed by atoms with van der Waals surface area (Å²) in [6.07, 6.45) is -4.65. The molecule has 2 amide bonds. The first-order chi connectivity index (χ1) is 14.1. The van der Waals surface area contributed by atoms with Crippen LogP contribution in [0.1, 0.15) is 33.2 Å². The number of aromatic nitrogens is 3. The van der Waals surface area contributed by atoms with E-state index in [-0.39, 0.29) is 23.8 Å². The molecule has 158 valence electrons. The number of alkyl halides is 3. The molecule has 0 atom stereocenters. The van der Waals surface area contributed by atoms with Crippen molar-refractivity contribution >= 4 is 28.3 Å². The summed E-state index contributed by atoms with van der Waals surface area (Å²) in [5.74, 6) is -0.245. The Hall–Kier alpha value is -3.28. The molecule has 2 heterocycles. The normalized spacial score (nSPS) is 11.4. The van der Waals surface area contributed by atoms with Gasteiger partial charge in [-0.15, -0.1) is 0 Å². The van der Waals surface area contributed by atoms with Gasteiger partial charge in [0, 0.05) is 31.0 Å². The van der Waals surface area contributed by atoms with Crippen LogP contribution >= 0.6 is 11.3 Å².